The van der Waals surface area contributed by atoms with Crippen molar-refractivity contribution in [1.82, 2.24) is 9.97 Å². The zero-order chi connectivity index (χ0) is 20.1. The Bertz CT molecular complexity index is 938. The Morgan fingerprint density at radius 3 is 2.50 bits per heavy atom. The van der Waals surface area contributed by atoms with E-state index in [0.717, 1.165) is 11.6 Å². The molecule has 1 aromatic heterocycles. The van der Waals surface area contributed by atoms with E-state index >= 15 is 0 Å². The number of aromatic nitrogens is 2. The number of alkyl halides is 3. The van der Waals surface area contributed by atoms with Crippen LogP contribution in [0.15, 0.2) is 60.9 Å². The maximum Gasteiger partial charge on any atom is 0.573 e. The van der Waals surface area contributed by atoms with Crippen LogP contribution in [0.25, 0.3) is 11.3 Å². The number of nitrogens with zero attached hydrogens (tertiary/aromatic N) is 2. The molecule has 1 unspecified atom stereocenters. The molecule has 28 heavy (non-hydrogen) atoms. The van der Waals surface area contributed by atoms with Crippen LogP contribution in [0.1, 0.15) is 11.6 Å². The largest absolute Gasteiger partial charge is 0.573 e. The van der Waals surface area contributed by atoms with Gasteiger partial charge in [-0.1, -0.05) is 41.9 Å². The van der Waals surface area contributed by atoms with Crippen molar-refractivity contribution >= 4 is 17.4 Å². The molecular weight excluding hydrogens is 393 g/mol. The molecule has 0 aliphatic rings. The number of benzene rings is 2. The summed E-state index contributed by atoms with van der Waals surface area (Å²) in [5.41, 5.74) is 8.15. The summed E-state index contributed by atoms with van der Waals surface area (Å²) in [5, 5.41) is 2.96. The van der Waals surface area contributed by atoms with Crippen LogP contribution in [0, 0.1) is 0 Å². The van der Waals surface area contributed by atoms with Gasteiger partial charge in [0.05, 0.1) is 10.7 Å². The Morgan fingerprint density at radius 2 is 1.82 bits per heavy atom. The van der Waals surface area contributed by atoms with Gasteiger partial charge in [-0.2, -0.15) is 0 Å². The van der Waals surface area contributed by atoms with Gasteiger partial charge < -0.3 is 15.8 Å². The number of hydrogen-bond acceptors (Lipinski definition) is 5. The maximum atomic E-state index is 12.4. The zero-order valence-electron chi connectivity index (χ0n) is 14.4. The molecule has 3 N–H and O–H groups in total. The summed E-state index contributed by atoms with van der Waals surface area (Å²) < 4.78 is 40.9. The zero-order valence-corrected chi connectivity index (χ0v) is 15.2. The Labute approximate surface area is 164 Å². The van der Waals surface area contributed by atoms with E-state index in [-0.39, 0.29) is 11.1 Å². The third kappa shape index (κ3) is 5.34. The second kappa shape index (κ2) is 8.45. The average Bonchev–Trinajstić information content (AvgIpc) is 2.67. The molecule has 146 valence electrons. The third-order valence-electron chi connectivity index (χ3n) is 3.85. The van der Waals surface area contributed by atoms with Crippen LogP contribution < -0.4 is 15.8 Å². The van der Waals surface area contributed by atoms with Gasteiger partial charge in [-0.15, -0.1) is 13.2 Å². The van der Waals surface area contributed by atoms with Gasteiger partial charge in [0.25, 0.3) is 0 Å². The molecule has 1 atom stereocenters. The molecule has 0 aliphatic carbocycles. The fourth-order valence-corrected chi connectivity index (χ4v) is 2.73. The minimum absolute atomic E-state index is 0.172. The number of nitrogens with two attached hydrogens (primary N) is 1. The second-order valence-corrected chi connectivity index (χ2v) is 6.29. The van der Waals surface area contributed by atoms with E-state index in [2.05, 4.69) is 20.0 Å². The number of nitrogens with one attached hydrogen (secondary N) is 1. The molecule has 0 spiro atoms. The summed E-state index contributed by atoms with van der Waals surface area (Å²) in [6.07, 6.45) is -3.46. The van der Waals surface area contributed by atoms with Crippen molar-refractivity contribution in [2.75, 3.05) is 11.9 Å². The lowest BCUT2D eigenvalue weighted by atomic mass is 10.1. The van der Waals surface area contributed by atoms with Crippen molar-refractivity contribution < 1.29 is 17.9 Å². The molecule has 0 bridgehead atoms. The van der Waals surface area contributed by atoms with Crippen molar-refractivity contribution in [3.63, 3.8) is 0 Å². The molecule has 0 saturated carbocycles. The van der Waals surface area contributed by atoms with Crippen molar-refractivity contribution in [2.24, 2.45) is 5.73 Å². The van der Waals surface area contributed by atoms with Crippen LogP contribution in [-0.2, 0) is 0 Å². The van der Waals surface area contributed by atoms with Crippen molar-refractivity contribution in [3.05, 3.63) is 71.5 Å². The van der Waals surface area contributed by atoms with Gasteiger partial charge in [-0.05, 0) is 23.8 Å². The summed E-state index contributed by atoms with van der Waals surface area (Å²) in [5.74, 6) is 0.0577. The molecule has 1 heterocycles. The van der Waals surface area contributed by atoms with Crippen LogP contribution in [0.4, 0.5) is 19.0 Å². The molecule has 2 aromatic carbocycles. The predicted octanol–water partition coefficient (Wildman–Crippen LogP) is 4.81. The van der Waals surface area contributed by atoms with Gasteiger partial charge in [-0.25, -0.2) is 9.97 Å². The highest BCUT2D eigenvalue weighted by Crippen LogP contribution is 2.33. The van der Waals surface area contributed by atoms with E-state index < -0.39 is 12.1 Å². The molecule has 0 saturated heterocycles. The van der Waals surface area contributed by atoms with E-state index in [1.807, 2.05) is 30.3 Å². The summed E-state index contributed by atoms with van der Waals surface area (Å²) in [7, 11) is 0. The van der Waals surface area contributed by atoms with Crippen LogP contribution >= 0.6 is 11.6 Å². The van der Waals surface area contributed by atoms with Gasteiger partial charge in [0, 0.05) is 24.2 Å². The van der Waals surface area contributed by atoms with E-state index in [0.29, 0.717) is 23.6 Å². The monoisotopic (exact) mass is 408 g/mol. The average molecular weight is 409 g/mol. The first-order valence-corrected chi connectivity index (χ1v) is 8.62. The summed E-state index contributed by atoms with van der Waals surface area (Å²) in [4.78, 5) is 8.27. The third-order valence-corrected chi connectivity index (χ3v) is 4.15. The minimum Gasteiger partial charge on any atom is -0.404 e. The summed E-state index contributed by atoms with van der Waals surface area (Å²) in [6, 6.07) is 15.0. The first-order chi connectivity index (χ1) is 13.3. The van der Waals surface area contributed by atoms with Crippen molar-refractivity contribution in [1.29, 1.82) is 0 Å². The topological polar surface area (TPSA) is 73.1 Å². The Morgan fingerprint density at radius 1 is 1.07 bits per heavy atom. The first kappa shape index (κ1) is 19.9. The molecule has 0 aliphatic heterocycles. The van der Waals surface area contributed by atoms with Gasteiger partial charge in [-0.3, -0.25) is 0 Å². The first-order valence-electron chi connectivity index (χ1n) is 8.24. The van der Waals surface area contributed by atoms with Crippen molar-refractivity contribution in [3.8, 4) is 17.0 Å². The van der Waals surface area contributed by atoms with E-state index in [1.54, 1.807) is 6.07 Å². The minimum atomic E-state index is -4.81. The molecule has 3 rings (SSSR count). The lowest BCUT2D eigenvalue weighted by Gasteiger charge is -2.14. The lowest BCUT2D eigenvalue weighted by molar-refractivity contribution is -0.274. The van der Waals surface area contributed by atoms with E-state index in [1.165, 1.54) is 18.5 Å². The van der Waals surface area contributed by atoms with E-state index in [9.17, 15) is 13.2 Å². The van der Waals surface area contributed by atoms with Gasteiger partial charge in [0.2, 0.25) is 0 Å². The second-order valence-electron chi connectivity index (χ2n) is 5.88. The Hall–Kier alpha value is -2.84. The number of ether oxygens (including phenoxy) is 1. The number of hydrogen-bond donors (Lipinski definition) is 2. The number of halogens is 4. The number of rotatable bonds is 6. The highest BCUT2D eigenvalue weighted by Gasteiger charge is 2.32. The smallest absolute Gasteiger partial charge is 0.404 e. The standard InChI is InChI=1S/C19H16ClF3N4O/c20-14-8-13(6-7-17(14)28-19(21,22)23)16-9-18(27-11-26-16)25-10-15(24)12-4-2-1-3-5-12/h1-9,11,15H,10,24H2,(H,25,26,27). The molecular formula is C19H16ClF3N4O. The highest BCUT2D eigenvalue weighted by atomic mass is 35.5. The number of anilines is 1. The molecule has 9 heteroatoms. The summed E-state index contributed by atoms with van der Waals surface area (Å²) in [6.45, 7) is 0.444. The van der Waals surface area contributed by atoms with Crippen LogP contribution in [0.5, 0.6) is 5.75 Å². The van der Waals surface area contributed by atoms with E-state index in [4.69, 9.17) is 17.3 Å². The quantitative estimate of drug-likeness (QED) is 0.612. The Kier molecular flexibility index (Phi) is 6.01. The normalized spacial score (nSPS) is 12.5. The molecule has 0 fully saturated rings. The van der Waals surface area contributed by atoms with Gasteiger partial charge in [0.15, 0.2) is 0 Å². The van der Waals surface area contributed by atoms with Gasteiger partial charge >= 0.3 is 6.36 Å². The summed E-state index contributed by atoms with van der Waals surface area (Å²) >= 11 is 5.90. The SMILES string of the molecule is NC(CNc1cc(-c2ccc(OC(F)(F)F)c(Cl)c2)ncn1)c1ccccc1. The molecule has 0 amide bonds. The molecule has 0 radical (unpaired) electrons. The molecule has 3 aromatic rings. The Balaban J connectivity index is 1.72. The van der Waals surface area contributed by atoms with Crippen LogP contribution in [0.2, 0.25) is 5.02 Å². The molecule has 5 nitrogen and oxygen atoms in total. The highest BCUT2D eigenvalue weighted by molar-refractivity contribution is 6.32. The van der Waals surface area contributed by atoms with Crippen LogP contribution in [0.3, 0.4) is 0 Å². The predicted molar refractivity (Wildman–Crippen MR) is 101 cm³/mol. The van der Waals surface area contributed by atoms with Gasteiger partial charge in [0.1, 0.15) is 17.9 Å². The fourth-order valence-electron chi connectivity index (χ4n) is 2.51. The fraction of sp³-hybridized carbons (Fsp3) is 0.158. The van der Waals surface area contributed by atoms with Crippen LogP contribution in [-0.4, -0.2) is 22.9 Å². The maximum absolute atomic E-state index is 12.4. The van der Waals surface area contributed by atoms with Crippen molar-refractivity contribution in [2.45, 2.75) is 12.4 Å². The lowest BCUT2D eigenvalue weighted by Crippen LogP contribution is -2.20.